The molecule has 15 heavy (non-hydrogen) atoms. The van der Waals surface area contributed by atoms with E-state index in [9.17, 15) is 4.79 Å². The molecule has 0 aromatic carbocycles. The zero-order valence-electron chi connectivity index (χ0n) is 8.45. The first-order chi connectivity index (χ1) is 7.25. The minimum atomic E-state index is 0.268. The summed E-state index contributed by atoms with van der Waals surface area (Å²) in [5.74, 6) is 0.268. The van der Waals surface area contributed by atoms with E-state index >= 15 is 0 Å². The predicted molar refractivity (Wildman–Crippen MR) is 61.2 cm³/mol. The van der Waals surface area contributed by atoms with Crippen LogP contribution in [0.4, 0.5) is 0 Å². The van der Waals surface area contributed by atoms with E-state index in [2.05, 4.69) is 20.9 Å². The van der Waals surface area contributed by atoms with Crippen LogP contribution in [0.15, 0.2) is 22.9 Å². The number of carbonyl (C=O) groups is 1. The van der Waals surface area contributed by atoms with Crippen LogP contribution in [0.3, 0.4) is 0 Å². The van der Waals surface area contributed by atoms with Gasteiger partial charge in [-0.1, -0.05) is 6.07 Å². The average molecular weight is 269 g/mol. The van der Waals surface area contributed by atoms with E-state index < -0.39 is 0 Å². The van der Waals surface area contributed by atoms with Crippen molar-refractivity contribution in [2.24, 2.45) is 0 Å². The molecule has 2 rings (SSSR count). The van der Waals surface area contributed by atoms with E-state index in [1.807, 2.05) is 23.2 Å². The molecule has 0 unspecified atom stereocenters. The Morgan fingerprint density at radius 3 is 2.93 bits per heavy atom. The number of amides is 1. The van der Waals surface area contributed by atoms with Crippen molar-refractivity contribution in [2.45, 2.75) is 25.8 Å². The second-order valence-electron chi connectivity index (χ2n) is 3.76. The molecule has 2 heterocycles. The van der Waals surface area contributed by atoms with E-state index in [1.54, 1.807) is 0 Å². The van der Waals surface area contributed by atoms with Crippen molar-refractivity contribution < 1.29 is 4.79 Å². The Labute approximate surface area is 97.6 Å². The lowest BCUT2D eigenvalue weighted by atomic mass is 10.1. The van der Waals surface area contributed by atoms with Gasteiger partial charge >= 0.3 is 0 Å². The molecule has 1 amide bonds. The fourth-order valence-corrected chi connectivity index (χ4v) is 1.98. The molecule has 0 N–H and O–H groups in total. The number of rotatable bonds is 2. The first-order valence-electron chi connectivity index (χ1n) is 5.14. The van der Waals surface area contributed by atoms with Crippen molar-refractivity contribution in [1.82, 2.24) is 9.88 Å². The molecule has 3 nitrogen and oxygen atoms in total. The largest absolute Gasteiger partial charge is 0.338 e. The standard InChI is InChI=1S/C11H13BrN2O/c12-10-5-4-9(7-13-10)8-14-6-2-1-3-11(14)15/h4-5,7H,1-3,6,8H2. The monoisotopic (exact) mass is 268 g/mol. The summed E-state index contributed by atoms with van der Waals surface area (Å²) in [5.41, 5.74) is 1.09. The van der Waals surface area contributed by atoms with Crippen molar-refractivity contribution in [3.05, 3.63) is 28.5 Å². The molecule has 1 fully saturated rings. The molecule has 0 spiro atoms. The van der Waals surface area contributed by atoms with Gasteiger partial charge in [0.1, 0.15) is 4.60 Å². The van der Waals surface area contributed by atoms with Gasteiger partial charge in [-0.3, -0.25) is 4.79 Å². The molecule has 1 aromatic heterocycles. The molecule has 0 radical (unpaired) electrons. The number of nitrogens with zero attached hydrogens (tertiary/aromatic N) is 2. The van der Waals surface area contributed by atoms with E-state index in [0.717, 1.165) is 29.6 Å². The molecule has 0 atom stereocenters. The molecule has 1 aromatic rings. The second kappa shape index (κ2) is 4.75. The summed E-state index contributed by atoms with van der Waals surface area (Å²) in [6.45, 7) is 1.58. The minimum Gasteiger partial charge on any atom is -0.338 e. The van der Waals surface area contributed by atoms with Crippen LogP contribution in [0.1, 0.15) is 24.8 Å². The highest BCUT2D eigenvalue weighted by atomic mass is 79.9. The van der Waals surface area contributed by atoms with Gasteiger partial charge in [-0.05, 0) is 40.4 Å². The fraction of sp³-hybridized carbons (Fsp3) is 0.455. The summed E-state index contributed by atoms with van der Waals surface area (Å²) in [7, 11) is 0. The lowest BCUT2D eigenvalue weighted by Crippen LogP contribution is -2.34. The van der Waals surface area contributed by atoms with Crippen molar-refractivity contribution in [2.75, 3.05) is 6.54 Å². The number of aromatic nitrogens is 1. The number of likely N-dealkylation sites (tertiary alicyclic amines) is 1. The normalized spacial score (nSPS) is 16.9. The average Bonchev–Trinajstić information content (AvgIpc) is 2.25. The third-order valence-corrected chi connectivity index (χ3v) is 3.05. The lowest BCUT2D eigenvalue weighted by Gasteiger charge is -2.26. The van der Waals surface area contributed by atoms with Gasteiger partial charge in [-0.15, -0.1) is 0 Å². The highest BCUT2D eigenvalue weighted by Gasteiger charge is 2.17. The first-order valence-corrected chi connectivity index (χ1v) is 5.93. The molecule has 0 saturated carbocycles. The van der Waals surface area contributed by atoms with Gasteiger partial charge in [0.15, 0.2) is 0 Å². The summed E-state index contributed by atoms with van der Waals surface area (Å²) < 4.78 is 0.830. The minimum absolute atomic E-state index is 0.268. The fourth-order valence-electron chi connectivity index (χ4n) is 1.75. The Hall–Kier alpha value is -0.900. The zero-order valence-corrected chi connectivity index (χ0v) is 10.0. The number of hydrogen-bond acceptors (Lipinski definition) is 2. The SMILES string of the molecule is O=C1CCCCN1Cc1ccc(Br)nc1. The molecule has 0 aliphatic carbocycles. The highest BCUT2D eigenvalue weighted by molar-refractivity contribution is 9.10. The molecule has 4 heteroatoms. The van der Waals surface area contributed by atoms with Gasteiger partial charge in [0, 0.05) is 25.7 Å². The Morgan fingerprint density at radius 1 is 1.40 bits per heavy atom. The second-order valence-corrected chi connectivity index (χ2v) is 4.57. The quantitative estimate of drug-likeness (QED) is 0.772. The van der Waals surface area contributed by atoms with Crippen LogP contribution in [0.25, 0.3) is 0 Å². The maximum atomic E-state index is 11.6. The van der Waals surface area contributed by atoms with Crippen molar-refractivity contribution in [3.8, 4) is 0 Å². The van der Waals surface area contributed by atoms with Crippen LogP contribution in [-0.4, -0.2) is 22.3 Å². The number of carbonyl (C=O) groups excluding carboxylic acids is 1. The van der Waals surface area contributed by atoms with Crippen molar-refractivity contribution >= 4 is 21.8 Å². The van der Waals surface area contributed by atoms with Crippen LogP contribution in [-0.2, 0) is 11.3 Å². The summed E-state index contributed by atoms with van der Waals surface area (Å²) in [6.07, 6.45) is 4.67. The summed E-state index contributed by atoms with van der Waals surface area (Å²) in [6, 6.07) is 3.91. The van der Waals surface area contributed by atoms with Gasteiger partial charge in [-0.2, -0.15) is 0 Å². The summed E-state index contributed by atoms with van der Waals surface area (Å²) in [5, 5.41) is 0. The first kappa shape index (κ1) is 10.6. The van der Waals surface area contributed by atoms with Crippen LogP contribution in [0.5, 0.6) is 0 Å². The van der Waals surface area contributed by atoms with Gasteiger partial charge in [0.25, 0.3) is 0 Å². The molecule has 1 aliphatic heterocycles. The van der Waals surface area contributed by atoms with E-state index in [1.165, 1.54) is 0 Å². The number of pyridine rings is 1. The number of halogens is 1. The van der Waals surface area contributed by atoms with E-state index in [0.29, 0.717) is 13.0 Å². The number of hydrogen-bond donors (Lipinski definition) is 0. The van der Waals surface area contributed by atoms with Gasteiger partial charge < -0.3 is 4.90 Å². The Morgan fingerprint density at radius 2 is 2.27 bits per heavy atom. The third-order valence-electron chi connectivity index (χ3n) is 2.58. The van der Waals surface area contributed by atoms with Crippen LogP contribution >= 0.6 is 15.9 Å². The number of piperidine rings is 1. The van der Waals surface area contributed by atoms with Gasteiger partial charge in [-0.25, -0.2) is 4.98 Å². The Bertz CT molecular complexity index is 350. The third kappa shape index (κ3) is 2.78. The summed E-state index contributed by atoms with van der Waals surface area (Å²) >= 11 is 3.29. The van der Waals surface area contributed by atoms with Crippen LogP contribution < -0.4 is 0 Å². The van der Waals surface area contributed by atoms with Gasteiger partial charge in [0.2, 0.25) is 5.91 Å². The van der Waals surface area contributed by atoms with E-state index in [4.69, 9.17) is 0 Å². The van der Waals surface area contributed by atoms with Crippen LogP contribution in [0.2, 0.25) is 0 Å². The van der Waals surface area contributed by atoms with Crippen molar-refractivity contribution in [1.29, 1.82) is 0 Å². The molecule has 0 bridgehead atoms. The van der Waals surface area contributed by atoms with Gasteiger partial charge in [0.05, 0.1) is 0 Å². The van der Waals surface area contributed by atoms with Crippen LogP contribution in [0, 0.1) is 0 Å². The molecule has 1 aliphatic rings. The molecule has 80 valence electrons. The highest BCUT2D eigenvalue weighted by Crippen LogP contribution is 2.14. The Kier molecular flexibility index (Phi) is 3.36. The summed E-state index contributed by atoms with van der Waals surface area (Å²) in [4.78, 5) is 17.6. The zero-order chi connectivity index (χ0) is 10.7. The molecular weight excluding hydrogens is 256 g/mol. The lowest BCUT2D eigenvalue weighted by molar-refractivity contribution is -0.133. The maximum Gasteiger partial charge on any atom is 0.222 e. The maximum absolute atomic E-state index is 11.6. The molecule has 1 saturated heterocycles. The predicted octanol–water partition coefficient (Wildman–Crippen LogP) is 2.36. The van der Waals surface area contributed by atoms with E-state index in [-0.39, 0.29) is 5.91 Å². The smallest absolute Gasteiger partial charge is 0.222 e. The topological polar surface area (TPSA) is 33.2 Å². The molecular formula is C11H13BrN2O. The van der Waals surface area contributed by atoms with Crippen molar-refractivity contribution in [3.63, 3.8) is 0 Å². The Balaban J connectivity index is 2.01.